The molecule has 0 spiro atoms. The fraction of sp³-hybridized carbons (Fsp3) is 0.364. The van der Waals surface area contributed by atoms with Crippen LogP contribution in [0.3, 0.4) is 0 Å². The lowest BCUT2D eigenvalue weighted by molar-refractivity contribution is 0.0705. The van der Waals surface area contributed by atoms with Gasteiger partial charge in [0, 0.05) is 0 Å². The fourth-order valence-electron chi connectivity index (χ4n) is 2.05. The summed E-state index contributed by atoms with van der Waals surface area (Å²) >= 11 is 0. The van der Waals surface area contributed by atoms with Crippen molar-refractivity contribution in [2.75, 3.05) is 52.9 Å². The number of ether oxygens (including phenoxy) is 7. The zero-order chi connectivity index (χ0) is 25.1. The largest absolute Gasteiger partial charge is 0.461 e. The molecule has 0 amide bonds. The molecular formula is C22H28N6O7. The molecule has 0 unspecified atom stereocenters. The van der Waals surface area contributed by atoms with E-state index in [1.807, 2.05) is 0 Å². The minimum absolute atomic E-state index is 0.0299. The molecule has 0 aliphatic rings. The van der Waals surface area contributed by atoms with E-state index in [0.29, 0.717) is 0 Å². The summed E-state index contributed by atoms with van der Waals surface area (Å²) < 4.78 is 37.8. The first kappa shape index (κ1) is 27.0. The van der Waals surface area contributed by atoms with Crippen LogP contribution in [0.5, 0.6) is 36.1 Å². The summed E-state index contributed by atoms with van der Waals surface area (Å²) in [5.74, 6) is 0. The van der Waals surface area contributed by atoms with Crippen LogP contribution >= 0.6 is 0 Å². The van der Waals surface area contributed by atoms with Gasteiger partial charge in [0.05, 0.1) is 13.2 Å². The monoisotopic (exact) mass is 488 g/mol. The highest BCUT2D eigenvalue weighted by molar-refractivity contribution is 5.10. The summed E-state index contributed by atoms with van der Waals surface area (Å²) in [7, 11) is 0. The van der Waals surface area contributed by atoms with Gasteiger partial charge >= 0.3 is 36.1 Å². The van der Waals surface area contributed by atoms with Gasteiger partial charge < -0.3 is 33.2 Å². The maximum absolute atomic E-state index is 5.50. The first-order valence-electron chi connectivity index (χ1n) is 10.5. The van der Waals surface area contributed by atoms with Crippen LogP contribution in [0, 0.1) is 0 Å². The van der Waals surface area contributed by atoms with Crippen LogP contribution in [0.2, 0.25) is 0 Å². The van der Waals surface area contributed by atoms with Crippen LogP contribution in [-0.4, -0.2) is 82.8 Å². The lowest BCUT2D eigenvalue weighted by atomic mass is 10.7. The Hall–Kier alpha value is -4.26. The smallest absolute Gasteiger partial charge is 0.326 e. The van der Waals surface area contributed by atoms with Gasteiger partial charge in [0.1, 0.15) is 39.6 Å². The van der Waals surface area contributed by atoms with Gasteiger partial charge in [-0.1, -0.05) is 50.6 Å². The van der Waals surface area contributed by atoms with Gasteiger partial charge in [0.25, 0.3) is 0 Å². The maximum Gasteiger partial charge on any atom is 0.326 e. The molecule has 0 aliphatic carbocycles. The molecule has 0 bridgehead atoms. The molecule has 0 saturated carbocycles. The van der Waals surface area contributed by atoms with Gasteiger partial charge in [0.15, 0.2) is 0 Å². The first-order valence-corrected chi connectivity index (χ1v) is 10.5. The Bertz CT molecular complexity index is 824. The summed E-state index contributed by atoms with van der Waals surface area (Å²) in [6.45, 7) is 16.0. The average molecular weight is 489 g/mol. The van der Waals surface area contributed by atoms with E-state index in [4.69, 9.17) is 33.2 Å². The van der Waals surface area contributed by atoms with Crippen molar-refractivity contribution in [1.29, 1.82) is 0 Å². The minimum atomic E-state index is 0.0299. The van der Waals surface area contributed by atoms with Gasteiger partial charge in [-0.3, -0.25) is 0 Å². The predicted octanol–water partition coefficient (Wildman–Crippen LogP) is 1.79. The summed E-state index contributed by atoms with van der Waals surface area (Å²) in [6, 6.07) is 0.258. The number of hydrogen-bond donors (Lipinski definition) is 0. The number of nitrogens with zero attached hydrogens (tertiary/aromatic N) is 6. The molecule has 2 heterocycles. The minimum Gasteiger partial charge on any atom is -0.461 e. The summed E-state index contributed by atoms with van der Waals surface area (Å²) in [5.41, 5.74) is 0. The Balaban J connectivity index is 1.78. The third kappa shape index (κ3) is 10.9. The maximum atomic E-state index is 5.50. The molecule has 0 N–H and O–H groups in total. The molecule has 35 heavy (non-hydrogen) atoms. The number of hydrogen-bond acceptors (Lipinski definition) is 13. The second-order valence-electron chi connectivity index (χ2n) is 6.07. The Morgan fingerprint density at radius 3 is 0.914 bits per heavy atom. The molecule has 0 radical (unpaired) electrons. The molecule has 13 nitrogen and oxygen atoms in total. The number of aromatic nitrogens is 6. The van der Waals surface area contributed by atoms with Crippen molar-refractivity contribution >= 4 is 0 Å². The topological polar surface area (TPSA) is 142 Å². The molecule has 2 rings (SSSR count). The molecule has 0 aromatic carbocycles. The van der Waals surface area contributed by atoms with Gasteiger partial charge in [-0.25, -0.2) is 0 Å². The third-order valence-corrected chi connectivity index (χ3v) is 3.39. The summed E-state index contributed by atoms with van der Waals surface area (Å²) in [6.07, 6.45) is 6.24. The van der Waals surface area contributed by atoms with Gasteiger partial charge in [-0.05, 0) is 0 Å². The van der Waals surface area contributed by atoms with Crippen LogP contribution < -0.4 is 28.4 Å². The van der Waals surface area contributed by atoms with E-state index in [9.17, 15) is 0 Å². The average Bonchev–Trinajstić information content (AvgIpc) is 2.87. The molecule has 13 heteroatoms. The Labute approximate surface area is 203 Å². The first-order chi connectivity index (χ1) is 17.2. The molecular weight excluding hydrogens is 460 g/mol. The Morgan fingerprint density at radius 2 is 0.657 bits per heavy atom. The lowest BCUT2D eigenvalue weighted by Gasteiger charge is -2.10. The highest BCUT2D eigenvalue weighted by Crippen LogP contribution is 2.16. The van der Waals surface area contributed by atoms with Crippen LogP contribution in [0.25, 0.3) is 0 Å². The third-order valence-electron chi connectivity index (χ3n) is 3.39. The van der Waals surface area contributed by atoms with Crippen LogP contribution in [-0.2, 0) is 4.74 Å². The molecule has 2 aromatic heterocycles. The second kappa shape index (κ2) is 16.4. The SMILES string of the molecule is C=CCOc1nc(OCC=C)nc(OCCOCCOc2nc(OCC=C)nc(OCC=C)n2)n1. The van der Waals surface area contributed by atoms with E-state index in [0.717, 1.165) is 0 Å². The van der Waals surface area contributed by atoms with Crippen molar-refractivity contribution in [3.8, 4) is 36.1 Å². The van der Waals surface area contributed by atoms with Gasteiger partial charge in [0.2, 0.25) is 0 Å². The molecule has 0 aliphatic heterocycles. The Kier molecular flexibility index (Phi) is 12.6. The highest BCUT2D eigenvalue weighted by atomic mass is 16.6. The van der Waals surface area contributed by atoms with Crippen molar-refractivity contribution in [2.24, 2.45) is 0 Å². The van der Waals surface area contributed by atoms with Gasteiger partial charge in [-0.2, -0.15) is 0 Å². The fourth-order valence-corrected chi connectivity index (χ4v) is 2.05. The zero-order valence-electron chi connectivity index (χ0n) is 19.3. The molecule has 2 aromatic rings. The second-order valence-corrected chi connectivity index (χ2v) is 6.07. The van der Waals surface area contributed by atoms with Crippen LogP contribution in [0.4, 0.5) is 0 Å². The number of rotatable bonds is 20. The van der Waals surface area contributed by atoms with E-state index in [1.165, 1.54) is 0 Å². The summed E-state index contributed by atoms with van der Waals surface area (Å²) in [4.78, 5) is 24.2. The van der Waals surface area contributed by atoms with Crippen molar-refractivity contribution in [3.63, 3.8) is 0 Å². The van der Waals surface area contributed by atoms with E-state index in [1.54, 1.807) is 24.3 Å². The van der Waals surface area contributed by atoms with E-state index in [-0.39, 0.29) is 88.9 Å². The standard InChI is InChI=1S/C22H28N6O7/c1-5-9-30-17-23-18(31-10-6-2)26-21(25-17)34-15-13-29-14-16-35-22-27-19(32-11-7-3)24-20(28-22)33-12-8-4/h5-8H,1-4,9-16H2. The van der Waals surface area contributed by atoms with Crippen molar-refractivity contribution < 1.29 is 33.2 Å². The van der Waals surface area contributed by atoms with E-state index in [2.05, 4.69) is 56.2 Å². The van der Waals surface area contributed by atoms with E-state index >= 15 is 0 Å². The quantitative estimate of drug-likeness (QED) is 0.198. The predicted molar refractivity (Wildman–Crippen MR) is 124 cm³/mol. The zero-order valence-corrected chi connectivity index (χ0v) is 19.3. The van der Waals surface area contributed by atoms with Crippen molar-refractivity contribution in [3.05, 3.63) is 50.6 Å². The van der Waals surface area contributed by atoms with Gasteiger partial charge in [-0.15, -0.1) is 29.9 Å². The molecule has 0 atom stereocenters. The molecule has 188 valence electrons. The van der Waals surface area contributed by atoms with Crippen LogP contribution in [0.15, 0.2) is 50.6 Å². The molecule has 0 fully saturated rings. The Morgan fingerprint density at radius 1 is 0.400 bits per heavy atom. The van der Waals surface area contributed by atoms with Crippen LogP contribution in [0.1, 0.15) is 0 Å². The summed E-state index contributed by atoms with van der Waals surface area (Å²) in [5, 5.41) is 0. The van der Waals surface area contributed by atoms with Crippen molar-refractivity contribution in [1.82, 2.24) is 29.9 Å². The highest BCUT2D eigenvalue weighted by Gasteiger charge is 2.11. The normalized spacial score (nSPS) is 10.1. The molecule has 0 saturated heterocycles. The van der Waals surface area contributed by atoms with E-state index < -0.39 is 0 Å². The van der Waals surface area contributed by atoms with Crippen molar-refractivity contribution in [2.45, 2.75) is 0 Å². The lowest BCUT2D eigenvalue weighted by Crippen LogP contribution is -2.15.